The minimum Gasteiger partial charge on any atom is -0.379 e. The molecule has 9 nitrogen and oxygen atoms in total. The van der Waals surface area contributed by atoms with Crippen molar-refractivity contribution in [1.82, 2.24) is 25.3 Å². The Kier molecular flexibility index (Phi) is 13.6. The molecule has 186 valence electrons. The van der Waals surface area contributed by atoms with Crippen LogP contribution in [0.2, 0.25) is 0 Å². The summed E-state index contributed by atoms with van der Waals surface area (Å²) in [6.45, 7) is 11.8. The SMILES string of the molecule is CCCC(C(CC=O)OC)N(C)C(=O)CNC(=O)C(C(C)C)N(C)CCN1CCNCC1. The van der Waals surface area contributed by atoms with E-state index in [1.807, 2.05) is 27.8 Å². The van der Waals surface area contributed by atoms with Crippen LogP contribution in [0.3, 0.4) is 0 Å². The van der Waals surface area contributed by atoms with E-state index in [9.17, 15) is 14.4 Å². The van der Waals surface area contributed by atoms with Gasteiger partial charge in [0.2, 0.25) is 11.8 Å². The highest BCUT2D eigenvalue weighted by Gasteiger charge is 2.30. The Bertz CT molecular complexity index is 569. The van der Waals surface area contributed by atoms with Crippen LogP contribution in [0, 0.1) is 5.92 Å². The van der Waals surface area contributed by atoms with E-state index in [2.05, 4.69) is 20.4 Å². The number of ether oxygens (including phenoxy) is 1. The molecule has 0 aromatic heterocycles. The predicted molar refractivity (Wildman–Crippen MR) is 127 cm³/mol. The first kappa shape index (κ1) is 28.5. The van der Waals surface area contributed by atoms with E-state index in [0.717, 1.165) is 58.4 Å². The third kappa shape index (κ3) is 9.13. The first-order valence-corrected chi connectivity index (χ1v) is 11.9. The van der Waals surface area contributed by atoms with Crippen LogP contribution in [0.15, 0.2) is 0 Å². The summed E-state index contributed by atoms with van der Waals surface area (Å²) in [7, 11) is 5.24. The number of carbonyl (C=O) groups excluding carboxylic acids is 3. The smallest absolute Gasteiger partial charge is 0.242 e. The number of hydrogen-bond donors (Lipinski definition) is 2. The Morgan fingerprint density at radius 3 is 2.41 bits per heavy atom. The number of hydrogen-bond acceptors (Lipinski definition) is 7. The highest BCUT2D eigenvalue weighted by atomic mass is 16.5. The molecule has 0 aromatic carbocycles. The van der Waals surface area contributed by atoms with Gasteiger partial charge in [0, 0.05) is 59.8 Å². The average Bonchev–Trinajstić information content (AvgIpc) is 2.78. The average molecular weight is 456 g/mol. The van der Waals surface area contributed by atoms with Gasteiger partial charge >= 0.3 is 0 Å². The maximum atomic E-state index is 13.0. The monoisotopic (exact) mass is 455 g/mol. The molecule has 1 rings (SSSR count). The van der Waals surface area contributed by atoms with E-state index < -0.39 is 0 Å². The molecule has 1 fully saturated rings. The fourth-order valence-electron chi connectivity index (χ4n) is 4.39. The topological polar surface area (TPSA) is 94.2 Å². The lowest BCUT2D eigenvalue weighted by molar-refractivity contribution is -0.138. The fourth-order valence-corrected chi connectivity index (χ4v) is 4.39. The molecule has 9 heteroatoms. The van der Waals surface area contributed by atoms with Crippen LogP contribution in [0.5, 0.6) is 0 Å². The molecule has 0 spiro atoms. The maximum Gasteiger partial charge on any atom is 0.242 e. The van der Waals surface area contributed by atoms with E-state index in [1.54, 1.807) is 19.1 Å². The fraction of sp³-hybridized carbons (Fsp3) is 0.870. The van der Waals surface area contributed by atoms with Crippen molar-refractivity contribution in [1.29, 1.82) is 0 Å². The normalized spacial score (nSPS) is 17.8. The maximum absolute atomic E-state index is 13.0. The van der Waals surface area contributed by atoms with Gasteiger partial charge in [-0.25, -0.2) is 0 Å². The lowest BCUT2D eigenvalue weighted by Crippen LogP contribution is -2.54. The Labute approximate surface area is 194 Å². The molecular weight excluding hydrogens is 410 g/mol. The van der Waals surface area contributed by atoms with Crippen LogP contribution < -0.4 is 10.6 Å². The summed E-state index contributed by atoms with van der Waals surface area (Å²) in [5.41, 5.74) is 0. The summed E-state index contributed by atoms with van der Waals surface area (Å²) < 4.78 is 5.45. The molecule has 3 atom stereocenters. The highest BCUT2D eigenvalue weighted by molar-refractivity contribution is 5.87. The van der Waals surface area contributed by atoms with Gasteiger partial charge in [-0.3, -0.25) is 19.4 Å². The molecule has 0 aliphatic carbocycles. The number of amides is 2. The quantitative estimate of drug-likeness (QED) is 0.341. The van der Waals surface area contributed by atoms with Gasteiger partial charge in [-0.05, 0) is 19.4 Å². The molecule has 3 unspecified atom stereocenters. The third-order valence-corrected chi connectivity index (χ3v) is 6.30. The number of carbonyl (C=O) groups is 3. The number of methoxy groups -OCH3 is 1. The van der Waals surface area contributed by atoms with Crippen LogP contribution in [-0.4, -0.2) is 118 Å². The largest absolute Gasteiger partial charge is 0.379 e. The second-order valence-corrected chi connectivity index (χ2v) is 9.02. The molecule has 0 aromatic rings. The molecule has 1 aliphatic heterocycles. The number of piperazine rings is 1. The molecule has 1 aliphatic rings. The number of likely N-dealkylation sites (N-methyl/N-ethyl adjacent to an activating group) is 2. The summed E-state index contributed by atoms with van der Waals surface area (Å²) in [6, 6.07) is -0.508. The van der Waals surface area contributed by atoms with E-state index in [-0.39, 0.29) is 48.9 Å². The van der Waals surface area contributed by atoms with Gasteiger partial charge in [0.25, 0.3) is 0 Å². The van der Waals surface area contributed by atoms with E-state index in [4.69, 9.17) is 4.74 Å². The standard InChI is InChI=1S/C23H45N5O4/c1-7-8-19(20(32-6)9-16-29)27(5)21(30)17-25-23(31)22(18(2)3)26(4)14-15-28-12-10-24-11-13-28/h16,18-20,22,24H,7-15,17H2,1-6H3,(H,25,31). The Balaban J connectivity index is 2.65. The molecule has 32 heavy (non-hydrogen) atoms. The summed E-state index contributed by atoms with van der Waals surface area (Å²) in [6.07, 6.45) is 2.29. The minimum atomic E-state index is -0.350. The number of nitrogens with one attached hydrogen (secondary N) is 2. The zero-order valence-corrected chi connectivity index (χ0v) is 20.9. The highest BCUT2D eigenvalue weighted by Crippen LogP contribution is 2.15. The first-order chi connectivity index (χ1) is 15.3. The van der Waals surface area contributed by atoms with Crippen LogP contribution in [0.4, 0.5) is 0 Å². The van der Waals surface area contributed by atoms with Crippen LogP contribution in [0.1, 0.15) is 40.0 Å². The van der Waals surface area contributed by atoms with Gasteiger partial charge < -0.3 is 25.1 Å². The molecule has 2 amide bonds. The van der Waals surface area contributed by atoms with Crippen molar-refractivity contribution in [3.8, 4) is 0 Å². The van der Waals surface area contributed by atoms with Crippen molar-refractivity contribution in [2.75, 3.05) is 67.0 Å². The third-order valence-electron chi connectivity index (χ3n) is 6.30. The van der Waals surface area contributed by atoms with Crippen LogP contribution in [0.25, 0.3) is 0 Å². The van der Waals surface area contributed by atoms with Gasteiger partial charge in [0.1, 0.15) is 6.29 Å². The zero-order chi connectivity index (χ0) is 24.1. The van der Waals surface area contributed by atoms with E-state index in [1.165, 1.54) is 0 Å². The van der Waals surface area contributed by atoms with Crippen molar-refractivity contribution >= 4 is 18.1 Å². The van der Waals surface area contributed by atoms with Gasteiger partial charge in [0.15, 0.2) is 0 Å². The van der Waals surface area contributed by atoms with Gasteiger partial charge in [-0.15, -0.1) is 0 Å². The molecule has 0 saturated carbocycles. The van der Waals surface area contributed by atoms with Crippen molar-refractivity contribution < 1.29 is 19.1 Å². The molecule has 1 heterocycles. The Hall–Kier alpha value is -1.55. The molecule has 1 saturated heterocycles. The zero-order valence-electron chi connectivity index (χ0n) is 20.9. The minimum absolute atomic E-state index is 0.0675. The molecule has 2 N–H and O–H groups in total. The van der Waals surface area contributed by atoms with Crippen molar-refractivity contribution in [2.45, 2.75) is 58.2 Å². The second kappa shape index (κ2) is 15.3. The Morgan fingerprint density at radius 2 is 1.88 bits per heavy atom. The van der Waals surface area contributed by atoms with Crippen molar-refractivity contribution in [3.05, 3.63) is 0 Å². The molecule has 0 radical (unpaired) electrons. The summed E-state index contributed by atoms with van der Waals surface area (Å²) in [4.78, 5) is 42.9. The summed E-state index contributed by atoms with van der Waals surface area (Å²) >= 11 is 0. The predicted octanol–water partition coefficient (Wildman–Crippen LogP) is 0.195. The van der Waals surface area contributed by atoms with Gasteiger partial charge in [-0.2, -0.15) is 0 Å². The summed E-state index contributed by atoms with van der Waals surface area (Å²) in [5.74, 6) is -0.197. The number of nitrogens with zero attached hydrogens (tertiary/aromatic N) is 3. The number of aldehydes is 1. The van der Waals surface area contributed by atoms with Gasteiger partial charge in [-0.1, -0.05) is 27.2 Å². The van der Waals surface area contributed by atoms with E-state index in [0.29, 0.717) is 0 Å². The number of rotatable bonds is 15. The van der Waals surface area contributed by atoms with Crippen LogP contribution in [-0.2, 0) is 19.1 Å². The summed E-state index contributed by atoms with van der Waals surface area (Å²) in [5, 5.41) is 6.19. The van der Waals surface area contributed by atoms with Gasteiger partial charge in [0.05, 0.1) is 24.7 Å². The molecule has 0 bridgehead atoms. The van der Waals surface area contributed by atoms with Crippen LogP contribution >= 0.6 is 0 Å². The van der Waals surface area contributed by atoms with Crippen molar-refractivity contribution in [3.63, 3.8) is 0 Å². The molecular formula is C23H45N5O4. The lowest BCUT2D eigenvalue weighted by atomic mass is 10.0. The Morgan fingerprint density at radius 1 is 1.22 bits per heavy atom. The second-order valence-electron chi connectivity index (χ2n) is 9.02. The van der Waals surface area contributed by atoms with E-state index >= 15 is 0 Å². The van der Waals surface area contributed by atoms with Crippen molar-refractivity contribution in [2.24, 2.45) is 5.92 Å². The first-order valence-electron chi connectivity index (χ1n) is 11.9. The lowest BCUT2D eigenvalue weighted by Gasteiger charge is -2.34.